The van der Waals surface area contributed by atoms with E-state index in [1.807, 2.05) is 13.8 Å². The van der Waals surface area contributed by atoms with Crippen LogP contribution >= 0.6 is 11.3 Å². The molecular formula is C16H21N3O3S. The average Bonchev–Trinajstić information content (AvgIpc) is 3.14. The molecule has 1 atom stereocenters. The molecular weight excluding hydrogens is 314 g/mol. The zero-order valence-corrected chi connectivity index (χ0v) is 14.2. The maximum Gasteiger partial charge on any atom is 0.262 e. The number of amides is 1. The van der Waals surface area contributed by atoms with Gasteiger partial charge in [-0.3, -0.25) is 14.2 Å². The number of fused-ring (bicyclic) bond motifs is 1. The molecule has 2 aromatic heterocycles. The minimum atomic E-state index is -0.0659. The summed E-state index contributed by atoms with van der Waals surface area (Å²) in [6, 6.07) is 0. The maximum absolute atomic E-state index is 12.5. The van der Waals surface area contributed by atoms with Crippen molar-refractivity contribution in [3.05, 3.63) is 27.1 Å². The van der Waals surface area contributed by atoms with Gasteiger partial charge in [-0.2, -0.15) is 0 Å². The van der Waals surface area contributed by atoms with Crippen molar-refractivity contribution >= 4 is 27.5 Å². The first-order valence-electron chi connectivity index (χ1n) is 7.89. The summed E-state index contributed by atoms with van der Waals surface area (Å²) in [6.07, 6.45) is 3.99. The minimum absolute atomic E-state index is 0.0641. The van der Waals surface area contributed by atoms with E-state index in [2.05, 4.69) is 10.3 Å². The van der Waals surface area contributed by atoms with E-state index in [0.717, 1.165) is 34.7 Å². The lowest BCUT2D eigenvalue weighted by Crippen LogP contribution is -2.33. The van der Waals surface area contributed by atoms with Crippen LogP contribution in [0.4, 0.5) is 0 Å². The van der Waals surface area contributed by atoms with Crippen LogP contribution < -0.4 is 10.9 Å². The SMILES string of the molecule is Cc1sc2ncn(CCC(=O)NC[C@H]3CCCO3)c(=O)c2c1C. The number of aromatic nitrogens is 2. The van der Waals surface area contributed by atoms with Crippen LogP contribution in [-0.2, 0) is 16.1 Å². The van der Waals surface area contributed by atoms with E-state index < -0.39 is 0 Å². The second kappa shape index (κ2) is 6.80. The standard InChI is InChI=1S/C16H21N3O3S/c1-10-11(2)23-15-14(10)16(21)19(9-18-15)6-5-13(20)17-8-12-4-3-7-22-12/h9,12H,3-8H2,1-2H3,(H,17,20)/t12-/m1/s1. The van der Waals surface area contributed by atoms with Crippen molar-refractivity contribution in [2.75, 3.05) is 13.2 Å². The topological polar surface area (TPSA) is 73.2 Å². The highest BCUT2D eigenvalue weighted by atomic mass is 32.1. The molecule has 1 fully saturated rings. The molecule has 3 rings (SSSR count). The van der Waals surface area contributed by atoms with Crippen LogP contribution in [0.5, 0.6) is 0 Å². The molecule has 1 saturated heterocycles. The number of nitrogens with one attached hydrogen (secondary N) is 1. The molecule has 1 aliphatic heterocycles. The second-order valence-electron chi connectivity index (χ2n) is 5.90. The lowest BCUT2D eigenvalue weighted by atomic mass is 10.2. The van der Waals surface area contributed by atoms with E-state index in [-0.39, 0.29) is 24.0 Å². The molecule has 3 heterocycles. The number of hydrogen-bond acceptors (Lipinski definition) is 5. The van der Waals surface area contributed by atoms with Crippen LogP contribution in [0.3, 0.4) is 0 Å². The molecule has 0 aliphatic carbocycles. The Hall–Kier alpha value is -1.73. The first-order valence-corrected chi connectivity index (χ1v) is 8.71. The van der Waals surface area contributed by atoms with Crippen molar-refractivity contribution in [3.8, 4) is 0 Å². The highest BCUT2D eigenvalue weighted by molar-refractivity contribution is 7.18. The van der Waals surface area contributed by atoms with Gasteiger partial charge in [0.1, 0.15) is 4.83 Å². The Labute approximate surface area is 138 Å². The van der Waals surface area contributed by atoms with Gasteiger partial charge in [0.2, 0.25) is 5.91 Å². The maximum atomic E-state index is 12.5. The molecule has 0 saturated carbocycles. The summed E-state index contributed by atoms with van der Waals surface area (Å²) in [5.74, 6) is -0.0641. The molecule has 0 unspecified atom stereocenters. The van der Waals surface area contributed by atoms with Crippen molar-refractivity contribution in [3.63, 3.8) is 0 Å². The fourth-order valence-electron chi connectivity index (χ4n) is 2.77. The molecule has 0 bridgehead atoms. The van der Waals surface area contributed by atoms with Gasteiger partial charge in [0.05, 0.1) is 17.8 Å². The van der Waals surface area contributed by atoms with Gasteiger partial charge >= 0.3 is 0 Å². The number of ether oxygens (including phenoxy) is 1. The van der Waals surface area contributed by atoms with Crippen LogP contribution in [0.2, 0.25) is 0 Å². The molecule has 6 nitrogen and oxygen atoms in total. The van der Waals surface area contributed by atoms with Gasteiger partial charge in [-0.05, 0) is 32.3 Å². The van der Waals surface area contributed by atoms with Crippen molar-refractivity contribution in [2.24, 2.45) is 0 Å². The van der Waals surface area contributed by atoms with E-state index in [1.54, 1.807) is 0 Å². The van der Waals surface area contributed by atoms with Crippen LogP contribution in [0.1, 0.15) is 29.7 Å². The number of rotatable bonds is 5. The second-order valence-corrected chi connectivity index (χ2v) is 7.10. The number of aryl methyl sites for hydroxylation is 3. The molecule has 124 valence electrons. The molecule has 0 spiro atoms. The fraction of sp³-hybridized carbons (Fsp3) is 0.562. The molecule has 23 heavy (non-hydrogen) atoms. The molecule has 1 aliphatic rings. The van der Waals surface area contributed by atoms with Gasteiger partial charge in [-0.25, -0.2) is 4.98 Å². The molecule has 2 aromatic rings. The third kappa shape index (κ3) is 3.45. The number of thiophene rings is 1. The number of nitrogens with zero attached hydrogens (tertiary/aromatic N) is 2. The summed E-state index contributed by atoms with van der Waals surface area (Å²) in [5, 5.41) is 3.55. The van der Waals surface area contributed by atoms with E-state index >= 15 is 0 Å². The summed E-state index contributed by atoms with van der Waals surface area (Å²) in [4.78, 5) is 30.7. The molecule has 0 aromatic carbocycles. The van der Waals surface area contributed by atoms with Gasteiger partial charge in [0.15, 0.2) is 0 Å². The summed E-state index contributed by atoms with van der Waals surface area (Å²) in [6.45, 7) is 5.60. The summed E-state index contributed by atoms with van der Waals surface area (Å²) >= 11 is 1.53. The highest BCUT2D eigenvalue weighted by Crippen LogP contribution is 2.25. The average molecular weight is 335 g/mol. The Morgan fingerprint density at radius 3 is 3.09 bits per heavy atom. The van der Waals surface area contributed by atoms with Crippen LogP contribution in [0.15, 0.2) is 11.1 Å². The molecule has 7 heteroatoms. The number of carbonyl (C=O) groups excluding carboxylic acids is 1. The molecule has 0 radical (unpaired) electrons. The lowest BCUT2D eigenvalue weighted by molar-refractivity contribution is -0.121. The van der Waals surface area contributed by atoms with Gasteiger partial charge in [-0.1, -0.05) is 0 Å². The molecule has 1 amide bonds. The number of carbonyl (C=O) groups is 1. The first-order chi connectivity index (χ1) is 11.1. The zero-order valence-electron chi connectivity index (χ0n) is 13.4. The monoisotopic (exact) mass is 335 g/mol. The van der Waals surface area contributed by atoms with E-state index in [4.69, 9.17) is 4.74 Å². The van der Waals surface area contributed by atoms with Gasteiger partial charge in [-0.15, -0.1) is 11.3 Å². The van der Waals surface area contributed by atoms with Crippen LogP contribution in [0.25, 0.3) is 10.2 Å². The Balaban J connectivity index is 1.62. The molecule has 1 N–H and O–H groups in total. The minimum Gasteiger partial charge on any atom is -0.376 e. The fourth-order valence-corrected chi connectivity index (χ4v) is 3.76. The summed E-state index contributed by atoms with van der Waals surface area (Å²) in [5.41, 5.74) is 0.920. The van der Waals surface area contributed by atoms with Crippen molar-refractivity contribution in [1.82, 2.24) is 14.9 Å². The lowest BCUT2D eigenvalue weighted by Gasteiger charge is -2.11. The summed E-state index contributed by atoms with van der Waals surface area (Å²) < 4.78 is 6.99. The first kappa shape index (κ1) is 16.1. The smallest absolute Gasteiger partial charge is 0.262 e. The Morgan fingerprint density at radius 1 is 1.52 bits per heavy atom. The highest BCUT2D eigenvalue weighted by Gasteiger charge is 2.16. The van der Waals surface area contributed by atoms with Crippen molar-refractivity contribution in [2.45, 2.75) is 45.8 Å². The number of hydrogen-bond donors (Lipinski definition) is 1. The third-order valence-corrected chi connectivity index (χ3v) is 5.40. The zero-order chi connectivity index (χ0) is 16.4. The quantitative estimate of drug-likeness (QED) is 0.904. The van der Waals surface area contributed by atoms with Gasteiger partial charge in [0, 0.05) is 31.0 Å². The third-order valence-electron chi connectivity index (χ3n) is 4.29. The van der Waals surface area contributed by atoms with Gasteiger partial charge < -0.3 is 10.1 Å². The largest absolute Gasteiger partial charge is 0.376 e. The van der Waals surface area contributed by atoms with Gasteiger partial charge in [0.25, 0.3) is 5.56 Å². The summed E-state index contributed by atoms with van der Waals surface area (Å²) in [7, 11) is 0. The normalized spacial score (nSPS) is 17.7. The predicted octanol–water partition coefficient (Wildman–Crippen LogP) is 1.76. The van der Waals surface area contributed by atoms with E-state index in [1.165, 1.54) is 22.2 Å². The predicted molar refractivity (Wildman–Crippen MR) is 90.0 cm³/mol. The van der Waals surface area contributed by atoms with E-state index in [0.29, 0.717) is 18.5 Å². The van der Waals surface area contributed by atoms with Crippen molar-refractivity contribution < 1.29 is 9.53 Å². The van der Waals surface area contributed by atoms with Crippen molar-refractivity contribution in [1.29, 1.82) is 0 Å². The van der Waals surface area contributed by atoms with Crippen LogP contribution in [0, 0.1) is 13.8 Å². The Bertz CT molecular complexity index is 775. The van der Waals surface area contributed by atoms with Crippen LogP contribution in [-0.4, -0.2) is 34.7 Å². The van der Waals surface area contributed by atoms with E-state index in [9.17, 15) is 9.59 Å². The Kier molecular flexibility index (Phi) is 4.77. The Morgan fingerprint density at radius 2 is 2.35 bits per heavy atom.